The number of ether oxygens (including phenoxy) is 1. The average molecular weight is 542 g/mol. The maximum atomic E-state index is 14.8. The van der Waals surface area contributed by atoms with Gasteiger partial charge in [-0.25, -0.2) is 14.2 Å². The van der Waals surface area contributed by atoms with E-state index in [4.69, 9.17) is 16.3 Å². The van der Waals surface area contributed by atoms with Gasteiger partial charge >= 0.3 is 12.3 Å². The molecule has 1 aromatic heterocycles. The van der Waals surface area contributed by atoms with Crippen LogP contribution >= 0.6 is 27.5 Å². The summed E-state index contributed by atoms with van der Waals surface area (Å²) in [5.41, 5.74) is -2.19. The number of likely N-dealkylation sites (N-methyl/N-ethyl adjacent to an activating group) is 1. The van der Waals surface area contributed by atoms with Crippen LogP contribution in [0.5, 0.6) is 0 Å². The summed E-state index contributed by atoms with van der Waals surface area (Å²) < 4.78 is 59.9. The molecule has 0 spiro atoms. The molecule has 0 radical (unpaired) electrons. The summed E-state index contributed by atoms with van der Waals surface area (Å²) in [5, 5.41) is -0.438. The Morgan fingerprint density at radius 2 is 1.94 bits per heavy atom. The number of carbonyl (C=O) groups excluding carboxylic acids is 1. The molecule has 0 bridgehead atoms. The summed E-state index contributed by atoms with van der Waals surface area (Å²) in [5.74, 6) is -1.14. The van der Waals surface area contributed by atoms with E-state index in [-0.39, 0.29) is 34.1 Å². The first-order valence-electron chi connectivity index (χ1n) is 9.76. The van der Waals surface area contributed by atoms with Crippen molar-refractivity contribution in [2.24, 2.45) is 0 Å². The lowest BCUT2D eigenvalue weighted by Gasteiger charge is -2.33. The highest BCUT2D eigenvalue weighted by atomic mass is 79.9. The van der Waals surface area contributed by atoms with Crippen LogP contribution in [0, 0.1) is 5.82 Å². The van der Waals surface area contributed by atoms with Crippen LogP contribution in [0.4, 0.5) is 28.2 Å². The van der Waals surface area contributed by atoms with Crippen molar-refractivity contribution < 1.29 is 27.1 Å². The summed E-state index contributed by atoms with van der Waals surface area (Å²) in [4.78, 5) is 23.6. The number of anilines is 1. The van der Waals surface area contributed by atoms with E-state index in [1.807, 2.05) is 0 Å². The van der Waals surface area contributed by atoms with Gasteiger partial charge in [0.05, 0.1) is 22.1 Å². The highest BCUT2D eigenvalue weighted by molar-refractivity contribution is 9.10. The smallest absolute Gasteiger partial charge is 0.417 e. The highest BCUT2D eigenvalue weighted by Gasteiger charge is 2.40. The van der Waals surface area contributed by atoms with Crippen LogP contribution in [0.3, 0.4) is 0 Å². The average Bonchev–Trinajstić information content (AvgIpc) is 3.03. The molecular formula is C20H22BrClF4N4O2. The van der Waals surface area contributed by atoms with Gasteiger partial charge in [-0.2, -0.15) is 18.2 Å². The van der Waals surface area contributed by atoms with E-state index in [0.29, 0.717) is 13.0 Å². The number of benzene rings is 1. The molecule has 1 aromatic carbocycles. The van der Waals surface area contributed by atoms with Crippen LogP contribution in [0.25, 0.3) is 10.9 Å². The fourth-order valence-corrected chi connectivity index (χ4v) is 4.50. The Kier molecular flexibility index (Phi) is 6.56. The van der Waals surface area contributed by atoms with Gasteiger partial charge < -0.3 is 14.5 Å². The van der Waals surface area contributed by atoms with Crippen molar-refractivity contribution in [3.63, 3.8) is 0 Å². The van der Waals surface area contributed by atoms with Gasteiger partial charge in [-0.15, -0.1) is 0 Å². The van der Waals surface area contributed by atoms with Crippen LogP contribution in [0.2, 0.25) is 5.28 Å². The third-order valence-electron chi connectivity index (χ3n) is 5.30. The standard InChI is InChI=1S/C20H22BrClF4N4O2/c1-9-12(6-7-30(9)18(31)32-19(2,3)4)29(5)16-10-8-11(20(24,25)26)13(21)14(23)15(10)27-17(22)28-16/h8-9,12H,6-7H2,1-5H3/t9-,12-/m1/s1. The fourth-order valence-electron chi connectivity index (χ4n) is 3.81. The van der Waals surface area contributed by atoms with Crippen LogP contribution in [-0.2, 0) is 10.9 Å². The number of hydrogen-bond donors (Lipinski definition) is 0. The molecule has 1 amide bonds. The van der Waals surface area contributed by atoms with Gasteiger partial charge in [0.15, 0.2) is 5.82 Å². The third-order valence-corrected chi connectivity index (χ3v) is 6.25. The second-order valence-electron chi connectivity index (χ2n) is 8.64. The van der Waals surface area contributed by atoms with Crippen molar-refractivity contribution in [3.8, 4) is 0 Å². The van der Waals surface area contributed by atoms with Gasteiger partial charge in [-0.3, -0.25) is 0 Å². The number of carbonyl (C=O) groups is 1. The summed E-state index contributed by atoms with van der Waals surface area (Å²) in [6.07, 6.45) is -4.77. The summed E-state index contributed by atoms with van der Waals surface area (Å²) >= 11 is 8.66. The highest BCUT2D eigenvalue weighted by Crippen LogP contribution is 2.41. The summed E-state index contributed by atoms with van der Waals surface area (Å²) in [6, 6.07) is 0.134. The molecule has 0 aliphatic carbocycles. The minimum atomic E-state index is -4.79. The van der Waals surface area contributed by atoms with Gasteiger partial charge in [0.25, 0.3) is 0 Å². The quantitative estimate of drug-likeness (QED) is 0.343. The lowest BCUT2D eigenvalue weighted by molar-refractivity contribution is -0.138. The largest absolute Gasteiger partial charge is 0.444 e. The molecule has 0 unspecified atom stereocenters. The second-order valence-corrected chi connectivity index (χ2v) is 9.77. The van der Waals surface area contributed by atoms with Crippen LogP contribution in [0.15, 0.2) is 10.5 Å². The van der Waals surface area contributed by atoms with E-state index < -0.39 is 33.7 Å². The second kappa shape index (κ2) is 8.48. The van der Waals surface area contributed by atoms with Gasteiger partial charge in [-0.1, -0.05) is 0 Å². The number of likely N-dealkylation sites (tertiary alicyclic amines) is 1. The maximum absolute atomic E-state index is 14.8. The Morgan fingerprint density at radius 1 is 1.31 bits per heavy atom. The Bertz CT molecular complexity index is 1060. The number of rotatable bonds is 2. The molecule has 6 nitrogen and oxygen atoms in total. The Morgan fingerprint density at radius 3 is 2.50 bits per heavy atom. The van der Waals surface area contributed by atoms with E-state index >= 15 is 0 Å². The minimum absolute atomic E-state index is 0.0415. The molecule has 0 saturated carbocycles. The molecule has 12 heteroatoms. The van der Waals surface area contributed by atoms with E-state index in [9.17, 15) is 22.4 Å². The van der Waals surface area contributed by atoms with Gasteiger partial charge in [0.1, 0.15) is 16.9 Å². The SMILES string of the molecule is C[C@@H]1[C@H](N(C)c2nc(Cl)nc3c(F)c(Br)c(C(F)(F)F)cc23)CCN1C(=O)OC(C)(C)C. The monoisotopic (exact) mass is 540 g/mol. The van der Waals surface area contributed by atoms with Crippen LogP contribution in [0.1, 0.15) is 39.7 Å². The minimum Gasteiger partial charge on any atom is -0.444 e. The van der Waals surface area contributed by atoms with E-state index in [2.05, 4.69) is 25.9 Å². The number of alkyl halides is 3. The number of hydrogen-bond acceptors (Lipinski definition) is 5. The molecule has 2 aromatic rings. The number of halogens is 6. The molecule has 1 aliphatic heterocycles. The van der Waals surface area contributed by atoms with Crippen molar-refractivity contribution in [1.82, 2.24) is 14.9 Å². The maximum Gasteiger partial charge on any atom is 0.417 e. The number of nitrogens with zero attached hydrogens (tertiary/aromatic N) is 4. The molecule has 3 rings (SSSR count). The molecule has 1 fully saturated rings. The van der Waals surface area contributed by atoms with Crippen LogP contribution in [-0.4, -0.2) is 52.2 Å². The Hall–Kier alpha value is -1.88. The molecule has 0 N–H and O–H groups in total. The van der Waals surface area contributed by atoms with Crippen molar-refractivity contribution in [2.75, 3.05) is 18.5 Å². The topological polar surface area (TPSA) is 58.6 Å². The fraction of sp³-hybridized carbons (Fsp3) is 0.550. The normalized spacial score (nSPS) is 19.5. The first-order chi connectivity index (χ1) is 14.6. The molecular weight excluding hydrogens is 520 g/mol. The van der Waals surface area contributed by atoms with Crippen molar-refractivity contribution in [2.45, 2.75) is 58.0 Å². The van der Waals surface area contributed by atoms with E-state index in [1.54, 1.807) is 44.5 Å². The van der Waals surface area contributed by atoms with Crippen molar-refractivity contribution in [3.05, 3.63) is 27.2 Å². The zero-order valence-corrected chi connectivity index (χ0v) is 20.4. The zero-order chi connectivity index (χ0) is 24.2. The molecule has 2 heterocycles. The Labute approximate surface area is 196 Å². The van der Waals surface area contributed by atoms with Crippen molar-refractivity contribution in [1.29, 1.82) is 0 Å². The van der Waals surface area contributed by atoms with Gasteiger partial charge in [-0.05, 0) is 67.7 Å². The Balaban J connectivity index is 2.04. The van der Waals surface area contributed by atoms with E-state index in [0.717, 1.165) is 6.07 Å². The van der Waals surface area contributed by atoms with E-state index in [1.165, 1.54) is 0 Å². The number of amides is 1. The molecule has 1 aliphatic rings. The zero-order valence-electron chi connectivity index (χ0n) is 18.0. The number of aromatic nitrogens is 2. The number of fused-ring (bicyclic) bond motifs is 1. The molecule has 2 atom stereocenters. The molecule has 32 heavy (non-hydrogen) atoms. The first-order valence-corrected chi connectivity index (χ1v) is 10.9. The van der Waals surface area contributed by atoms with Crippen LogP contribution < -0.4 is 4.90 Å². The van der Waals surface area contributed by atoms with Crippen molar-refractivity contribution >= 4 is 50.3 Å². The molecule has 1 saturated heterocycles. The van der Waals surface area contributed by atoms with Gasteiger partial charge in [0, 0.05) is 19.0 Å². The third kappa shape index (κ3) is 4.73. The summed E-state index contributed by atoms with van der Waals surface area (Å²) in [6.45, 7) is 7.47. The first kappa shape index (κ1) is 24.8. The lowest BCUT2D eigenvalue weighted by atomic mass is 10.1. The lowest BCUT2D eigenvalue weighted by Crippen LogP contribution is -2.45. The molecule has 176 valence electrons. The predicted molar refractivity (Wildman–Crippen MR) is 116 cm³/mol. The van der Waals surface area contributed by atoms with Gasteiger partial charge in [0.2, 0.25) is 5.28 Å². The summed E-state index contributed by atoms with van der Waals surface area (Å²) in [7, 11) is 1.62. The predicted octanol–water partition coefficient (Wildman–Crippen LogP) is 6.04.